The second-order valence-electron chi connectivity index (χ2n) is 14.2. The van der Waals surface area contributed by atoms with E-state index < -0.39 is 5.97 Å². The molecule has 0 saturated carbocycles. The Morgan fingerprint density at radius 3 is 1.64 bits per heavy atom. The van der Waals surface area contributed by atoms with Gasteiger partial charge in [-0.1, -0.05) is 66.7 Å². The van der Waals surface area contributed by atoms with Gasteiger partial charge in [-0.3, -0.25) is 19.6 Å². The zero-order chi connectivity index (χ0) is 40.1. The van der Waals surface area contributed by atoms with Crippen LogP contribution in [-0.4, -0.2) is 84.7 Å². The summed E-state index contributed by atoms with van der Waals surface area (Å²) in [5.41, 5.74) is 9.56. The Balaban J connectivity index is 1.14. The topological polar surface area (TPSA) is 161 Å². The summed E-state index contributed by atoms with van der Waals surface area (Å²) >= 11 is 0. The van der Waals surface area contributed by atoms with Gasteiger partial charge in [0.1, 0.15) is 6.29 Å². The number of carbonyl (C=O) groups excluding carboxylic acids is 1. The van der Waals surface area contributed by atoms with Crippen molar-refractivity contribution >= 4 is 12.3 Å². The van der Waals surface area contributed by atoms with Crippen LogP contribution in [0.25, 0.3) is 56.7 Å². The lowest BCUT2D eigenvalue weighted by atomic mass is 9.99. The Bertz CT molecular complexity index is 2770. The van der Waals surface area contributed by atoms with Crippen LogP contribution in [0.4, 0.5) is 0 Å². The molecule has 0 spiro atoms. The largest absolute Gasteiger partial charge is 0.480 e. The van der Waals surface area contributed by atoms with Gasteiger partial charge < -0.3 is 9.90 Å². The van der Waals surface area contributed by atoms with Crippen LogP contribution in [-0.2, 0) is 35.8 Å². The van der Waals surface area contributed by atoms with E-state index in [1.165, 1.54) is 0 Å². The lowest BCUT2D eigenvalue weighted by molar-refractivity contribution is -0.138. The fourth-order valence-corrected chi connectivity index (χ4v) is 7.15. The standard InChI is InChI=1S/C45H37N11O3/c57-21-20-53-26-35-8-4-10-39(47-35)41-22-34(33-14-12-32(13-15-33)31-6-2-1-3-7-31)23-42(49-41)40-11-5-9-36(48-40)27-54(30-45(58)59)29-38-17-19-56(52-38)44-25-46-24-43(50-44)55-18-16-37(28-53)51-55/h1-19,21-25H,20,26-30H2,(H,58,59). The van der Waals surface area contributed by atoms with Crippen molar-refractivity contribution in [3.05, 3.63) is 163 Å². The molecule has 0 saturated heterocycles. The minimum Gasteiger partial charge on any atom is -0.480 e. The number of aldehydes is 1. The first-order chi connectivity index (χ1) is 28.9. The first kappa shape index (κ1) is 37.1. The van der Waals surface area contributed by atoms with Crippen molar-refractivity contribution in [3.8, 4) is 56.7 Å². The van der Waals surface area contributed by atoms with E-state index in [9.17, 15) is 14.7 Å². The summed E-state index contributed by atoms with van der Waals surface area (Å²) in [4.78, 5) is 52.0. The molecule has 0 fully saturated rings. The summed E-state index contributed by atoms with van der Waals surface area (Å²) in [6, 6.07) is 37.9. The van der Waals surface area contributed by atoms with Crippen molar-refractivity contribution in [2.75, 3.05) is 13.1 Å². The van der Waals surface area contributed by atoms with E-state index in [2.05, 4.69) is 41.4 Å². The third-order valence-electron chi connectivity index (χ3n) is 9.89. The van der Waals surface area contributed by atoms with Gasteiger partial charge in [0, 0.05) is 38.6 Å². The van der Waals surface area contributed by atoms with Crippen molar-refractivity contribution in [2.24, 2.45) is 0 Å². The molecule has 14 heteroatoms. The molecule has 0 aliphatic carbocycles. The van der Waals surface area contributed by atoms with Gasteiger partial charge in [0.25, 0.3) is 0 Å². The maximum Gasteiger partial charge on any atom is 0.317 e. The molecule has 14 nitrogen and oxygen atoms in total. The highest BCUT2D eigenvalue weighted by atomic mass is 16.4. The second-order valence-corrected chi connectivity index (χ2v) is 14.2. The van der Waals surface area contributed by atoms with Crippen LogP contribution in [0.15, 0.2) is 140 Å². The number of rotatable bonds is 6. The fourth-order valence-electron chi connectivity index (χ4n) is 7.15. The Kier molecular flexibility index (Phi) is 10.4. The molecule has 0 unspecified atom stereocenters. The zero-order valence-electron chi connectivity index (χ0n) is 31.8. The van der Waals surface area contributed by atoms with Crippen LogP contribution >= 0.6 is 0 Å². The first-order valence-electron chi connectivity index (χ1n) is 19.0. The van der Waals surface area contributed by atoms with E-state index in [-0.39, 0.29) is 26.2 Å². The average molecular weight is 780 g/mol. The number of aliphatic carboxylic acids is 1. The molecule has 59 heavy (non-hydrogen) atoms. The normalized spacial score (nSPS) is 13.4. The van der Waals surface area contributed by atoms with Gasteiger partial charge in [-0.15, -0.1) is 0 Å². The molecule has 12 bridgehead atoms. The first-order valence-corrected chi connectivity index (χ1v) is 19.0. The maximum absolute atomic E-state index is 12.1. The summed E-state index contributed by atoms with van der Waals surface area (Å²) in [7, 11) is 0. The third-order valence-corrected chi connectivity index (χ3v) is 9.89. The predicted molar refractivity (Wildman–Crippen MR) is 220 cm³/mol. The van der Waals surface area contributed by atoms with Crippen molar-refractivity contribution in [2.45, 2.75) is 26.2 Å². The van der Waals surface area contributed by atoms with Gasteiger partial charge in [0.15, 0.2) is 11.6 Å². The van der Waals surface area contributed by atoms with Gasteiger partial charge in [-0.2, -0.15) is 10.2 Å². The summed E-state index contributed by atoms with van der Waals surface area (Å²) in [5.74, 6) is -0.0161. The van der Waals surface area contributed by atoms with Crippen molar-refractivity contribution in [1.82, 2.24) is 54.3 Å². The van der Waals surface area contributed by atoms with E-state index in [0.29, 0.717) is 58.9 Å². The van der Waals surface area contributed by atoms with Crippen LogP contribution in [0.2, 0.25) is 0 Å². The van der Waals surface area contributed by atoms with Gasteiger partial charge >= 0.3 is 5.97 Å². The number of fused-ring (bicyclic) bond motifs is 16. The number of carboxylic acid groups (broad SMARTS) is 1. The number of pyridine rings is 3. The number of carbonyl (C=O) groups is 2. The van der Waals surface area contributed by atoms with Crippen molar-refractivity contribution in [3.63, 3.8) is 0 Å². The number of aromatic nitrogens is 9. The highest BCUT2D eigenvalue weighted by molar-refractivity contribution is 5.77. The number of carboxylic acids is 1. The molecule has 6 aromatic heterocycles. The summed E-state index contributed by atoms with van der Waals surface area (Å²) in [5, 5.41) is 19.4. The van der Waals surface area contributed by atoms with Crippen molar-refractivity contribution < 1.29 is 14.7 Å². The quantitative estimate of drug-likeness (QED) is 0.188. The average Bonchev–Trinajstić information content (AvgIpc) is 3.94. The number of nitrogens with zero attached hydrogens (tertiary/aromatic N) is 11. The Morgan fingerprint density at radius 2 is 1.07 bits per heavy atom. The molecular formula is C45H37N11O3. The zero-order valence-corrected chi connectivity index (χ0v) is 31.8. The second kappa shape index (κ2) is 16.5. The molecule has 0 atom stereocenters. The molecule has 0 radical (unpaired) electrons. The fraction of sp³-hybridized carbons (Fsp3) is 0.133. The van der Waals surface area contributed by atoms with Gasteiger partial charge in [0.2, 0.25) is 0 Å². The van der Waals surface area contributed by atoms with Crippen LogP contribution in [0.3, 0.4) is 0 Å². The maximum atomic E-state index is 12.1. The summed E-state index contributed by atoms with van der Waals surface area (Å²) in [6.45, 7) is 1.23. The molecule has 0 amide bonds. The van der Waals surface area contributed by atoms with Crippen LogP contribution < -0.4 is 0 Å². The third kappa shape index (κ3) is 8.59. The number of hydrogen-bond acceptors (Lipinski definition) is 11. The lowest BCUT2D eigenvalue weighted by Crippen LogP contribution is -2.29. The Hall–Kier alpha value is -7.55. The highest BCUT2D eigenvalue weighted by Gasteiger charge is 2.18. The molecule has 290 valence electrons. The minimum atomic E-state index is -0.966. The molecule has 7 heterocycles. The number of hydrogen-bond donors (Lipinski definition) is 1. The SMILES string of the molecule is O=CCN1Cc2cccc(n2)-c2cc(-c3ccc(-c4ccccc4)cc3)cc(n2)-c2cccc(n2)CN(CC(=O)O)Cc2ccn(n2)-c2cncc(n2)-n2ccc(n2)C1. The molecule has 2 aromatic carbocycles. The molecule has 1 N–H and O–H groups in total. The smallest absolute Gasteiger partial charge is 0.317 e. The highest BCUT2D eigenvalue weighted by Crippen LogP contribution is 2.31. The Labute approximate surface area is 339 Å². The molecule has 1 aliphatic rings. The van der Waals surface area contributed by atoms with E-state index in [4.69, 9.17) is 30.1 Å². The summed E-state index contributed by atoms with van der Waals surface area (Å²) in [6.07, 6.45) is 7.65. The minimum absolute atomic E-state index is 0.179. The van der Waals surface area contributed by atoms with Gasteiger partial charge in [-0.25, -0.2) is 29.3 Å². The van der Waals surface area contributed by atoms with Crippen molar-refractivity contribution in [1.29, 1.82) is 0 Å². The molecular weight excluding hydrogens is 743 g/mol. The lowest BCUT2D eigenvalue weighted by Gasteiger charge is -2.19. The van der Waals surface area contributed by atoms with E-state index in [1.54, 1.807) is 39.1 Å². The Morgan fingerprint density at radius 1 is 0.542 bits per heavy atom. The van der Waals surface area contributed by atoms with E-state index in [1.807, 2.05) is 83.8 Å². The predicted octanol–water partition coefficient (Wildman–Crippen LogP) is 6.30. The van der Waals surface area contributed by atoms with Gasteiger partial charge in [0.05, 0.1) is 71.0 Å². The van der Waals surface area contributed by atoms with Crippen LogP contribution in [0.5, 0.6) is 0 Å². The number of benzene rings is 2. The summed E-state index contributed by atoms with van der Waals surface area (Å²) < 4.78 is 3.23. The van der Waals surface area contributed by atoms with Crippen LogP contribution in [0, 0.1) is 0 Å². The van der Waals surface area contributed by atoms with Crippen LogP contribution in [0.1, 0.15) is 22.8 Å². The monoisotopic (exact) mass is 779 g/mol. The molecule has 9 rings (SSSR count). The van der Waals surface area contributed by atoms with Gasteiger partial charge in [-0.05, 0) is 70.8 Å². The molecule has 8 aromatic rings. The molecule has 1 aliphatic heterocycles. The van der Waals surface area contributed by atoms with E-state index in [0.717, 1.165) is 39.9 Å². The van der Waals surface area contributed by atoms with E-state index >= 15 is 0 Å².